The van der Waals surface area contributed by atoms with Crippen molar-refractivity contribution in [3.05, 3.63) is 28.8 Å². The van der Waals surface area contributed by atoms with Gasteiger partial charge >= 0.3 is 0 Å². The van der Waals surface area contributed by atoms with Crippen molar-refractivity contribution in [3.63, 3.8) is 0 Å². The lowest BCUT2D eigenvalue weighted by Crippen LogP contribution is -2.22. The van der Waals surface area contributed by atoms with Gasteiger partial charge in [-0.25, -0.2) is 0 Å². The van der Waals surface area contributed by atoms with Crippen molar-refractivity contribution in [1.29, 1.82) is 0 Å². The number of nitrogens with one attached hydrogen (secondary N) is 1. The zero-order valence-corrected chi connectivity index (χ0v) is 12.2. The predicted octanol–water partition coefficient (Wildman–Crippen LogP) is 3.25. The summed E-state index contributed by atoms with van der Waals surface area (Å²) in [5, 5.41) is 4.07. The summed E-state index contributed by atoms with van der Waals surface area (Å²) < 4.78 is 11.3. The molecular formula is C15H22ClNO2. The molecule has 0 spiro atoms. The Kier molecular flexibility index (Phi) is 5.95. The number of rotatable bonds is 6. The first-order valence-electron chi connectivity index (χ1n) is 7.00. The average Bonchev–Trinajstić information content (AvgIpc) is 2.45. The topological polar surface area (TPSA) is 30.5 Å². The van der Waals surface area contributed by atoms with Crippen LogP contribution in [0.1, 0.15) is 25.3 Å². The van der Waals surface area contributed by atoms with Crippen LogP contribution >= 0.6 is 11.6 Å². The minimum Gasteiger partial charge on any atom is -0.493 e. The number of hydrogen-bond donors (Lipinski definition) is 1. The molecule has 106 valence electrons. The Hall–Kier alpha value is -0.770. The van der Waals surface area contributed by atoms with Crippen molar-refractivity contribution in [2.24, 2.45) is 5.92 Å². The maximum Gasteiger partial charge on any atom is 0.125 e. The molecule has 1 aliphatic heterocycles. The first-order valence-corrected chi connectivity index (χ1v) is 7.37. The van der Waals surface area contributed by atoms with Crippen molar-refractivity contribution in [3.8, 4) is 5.75 Å². The third kappa shape index (κ3) is 4.37. The van der Waals surface area contributed by atoms with E-state index in [1.165, 1.54) is 0 Å². The van der Waals surface area contributed by atoms with Gasteiger partial charge in [0.1, 0.15) is 5.75 Å². The summed E-state index contributed by atoms with van der Waals surface area (Å²) in [6, 6.07) is 5.85. The third-order valence-corrected chi connectivity index (χ3v) is 3.80. The molecule has 0 amide bonds. The Balaban J connectivity index is 1.96. The van der Waals surface area contributed by atoms with E-state index in [2.05, 4.69) is 12.2 Å². The second-order valence-electron chi connectivity index (χ2n) is 4.86. The molecule has 1 saturated heterocycles. The largest absolute Gasteiger partial charge is 0.493 e. The Morgan fingerprint density at radius 2 is 2.16 bits per heavy atom. The molecule has 3 nitrogen and oxygen atoms in total. The SMILES string of the molecule is CCNCc1c(Cl)cccc1OCC1CCOCC1. The van der Waals surface area contributed by atoms with Gasteiger partial charge in [-0.3, -0.25) is 0 Å². The molecule has 0 radical (unpaired) electrons. The van der Waals surface area contributed by atoms with Gasteiger partial charge in [-0.15, -0.1) is 0 Å². The summed E-state index contributed by atoms with van der Waals surface area (Å²) in [4.78, 5) is 0. The van der Waals surface area contributed by atoms with E-state index < -0.39 is 0 Å². The van der Waals surface area contributed by atoms with Crippen molar-refractivity contribution in [1.82, 2.24) is 5.32 Å². The fourth-order valence-corrected chi connectivity index (χ4v) is 2.45. The molecular weight excluding hydrogens is 262 g/mol. The van der Waals surface area contributed by atoms with E-state index in [1.807, 2.05) is 18.2 Å². The van der Waals surface area contributed by atoms with Crippen LogP contribution in [0.2, 0.25) is 5.02 Å². The van der Waals surface area contributed by atoms with E-state index in [-0.39, 0.29) is 0 Å². The van der Waals surface area contributed by atoms with Crippen LogP contribution in [0.3, 0.4) is 0 Å². The molecule has 4 heteroatoms. The Morgan fingerprint density at radius 3 is 2.89 bits per heavy atom. The van der Waals surface area contributed by atoms with E-state index >= 15 is 0 Å². The molecule has 1 aliphatic rings. The number of benzene rings is 1. The zero-order valence-electron chi connectivity index (χ0n) is 11.5. The smallest absolute Gasteiger partial charge is 0.125 e. The lowest BCUT2D eigenvalue weighted by atomic mass is 10.0. The van der Waals surface area contributed by atoms with Gasteiger partial charge in [0.25, 0.3) is 0 Å². The van der Waals surface area contributed by atoms with E-state index in [9.17, 15) is 0 Å². The van der Waals surface area contributed by atoms with Gasteiger partial charge < -0.3 is 14.8 Å². The summed E-state index contributed by atoms with van der Waals surface area (Å²) in [5.74, 6) is 1.50. The minimum absolute atomic E-state index is 0.597. The van der Waals surface area contributed by atoms with Gasteiger partial charge in [0.15, 0.2) is 0 Å². The molecule has 1 heterocycles. The van der Waals surface area contributed by atoms with Gasteiger partial charge in [0, 0.05) is 30.3 Å². The fourth-order valence-electron chi connectivity index (χ4n) is 2.22. The van der Waals surface area contributed by atoms with Crippen LogP contribution in [0.5, 0.6) is 5.75 Å². The number of halogens is 1. The molecule has 1 N–H and O–H groups in total. The third-order valence-electron chi connectivity index (χ3n) is 3.44. The molecule has 1 fully saturated rings. The molecule has 0 unspecified atom stereocenters. The van der Waals surface area contributed by atoms with Gasteiger partial charge in [0.05, 0.1) is 6.61 Å². The first kappa shape index (κ1) is 14.6. The van der Waals surface area contributed by atoms with Crippen molar-refractivity contribution in [2.75, 3.05) is 26.4 Å². The second kappa shape index (κ2) is 7.73. The molecule has 2 rings (SSSR count). The lowest BCUT2D eigenvalue weighted by molar-refractivity contribution is 0.0496. The number of hydrogen-bond acceptors (Lipinski definition) is 3. The highest BCUT2D eigenvalue weighted by atomic mass is 35.5. The van der Waals surface area contributed by atoms with E-state index in [0.29, 0.717) is 5.92 Å². The molecule has 1 aromatic carbocycles. The minimum atomic E-state index is 0.597. The zero-order chi connectivity index (χ0) is 13.5. The summed E-state index contributed by atoms with van der Waals surface area (Å²) in [5.41, 5.74) is 1.05. The Labute approximate surface area is 120 Å². The molecule has 0 saturated carbocycles. The van der Waals surface area contributed by atoms with E-state index in [1.54, 1.807) is 0 Å². The Bertz CT molecular complexity index is 392. The molecule has 0 aliphatic carbocycles. The lowest BCUT2D eigenvalue weighted by Gasteiger charge is -2.23. The number of ether oxygens (including phenoxy) is 2. The van der Waals surface area contributed by atoms with Gasteiger partial charge in [-0.1, -0.05) is 24.6 Å². The van der Waals surface area contributed by atoms with Crippen LogP contribution in [-0.4, -0.2) is 26.4 Å². The highest BCUT2D eigenvalue weighted by Gasteiger charge is 2.15. The highest BCUT2D eigenvalue weighted by Crippen LogP contribution is 2.27. The van der Waals surface area contributed by atoms with Crippen LogP contribution in [0.15, 0.2) is 18.2 Å². The maximum absolute atomic E-state index is 6.25. The van der Waals surface area contributed by atoms with Crippen LogP contribution in [0.4, 0.5) is 0 Å². The monoisotopic (exact) mass is 283 g/mol. The summed E-state index contributed by atoms with van der Waals surface area (Å²) in [6.07, 6.45) is 2.17. The standard InChI is InChI=1S/C15H22ClNO2/c1-2-17-10-13-14(16)4-3-5-15(13)19-11-12-6-8-18-9-7-12/h3-5,12,17H,2,6-11H2,1H3. The molecule has 0 bridgehead atoms. The molecule has 0 atom stereocenters. The quantitative estimate of drug-likeness (QED) is 0.869. The van der Waals surface area contributed by atoms with E-state index in [4.69, 9.17) is 21.1 Å². The Morgan fingerprint density at radius 1 is 1.37 bits per heavy atom. The van der Waals surface area contributed by atoms with Crippen LogP contribution in [0, 0.1) is 5.92 Å². The van der Waals surface area contributed by atoms with Crippen LogP contribution in [-0.2, 0) is 11.3 Å². The van der Waals surface area contributed by atoms with Crippen molar-refractivity contribution in [2.45, 2.75) is 26.3 Å². The highest BCUT2D eigenvalue weighted by molar-refractivity contribution is 6.31. The van der Waals surface area contributed by atoms with Crippen molar-refractivity contribution < 1.29 is 9.47 Å². The predicted molar refractivity (Wildman–Crippen MR) is 77.9 cm³/mol. The van der Waals surface area contributed by atoms with Gasteiger partial charge in [-0.2, -0.15) is 0 Å². The fraction of sp³-hybridized carbons (Fsp3) is 0.600. The second-order valence-corrected chi connectivity index (χ2v) is 5.27. The van der Waals surface area contributed by atoms with Crippen molar-refractivity contribution >= 4 is 11.6 Å². The van der Waals surface area contributed by atoms with E-state index in [0.717, 1.165) is 62.1 Å². The molecule has 19 heavy (non-hydrogen) atoms. The first-order chi connectivity index (χ1) is 9.31. The summed E-state index contributed by atoms with van der Waals surface area (Å²) in [7, 11) is 0. The molecule has 1 aromatic rings. The van der Waals surface area contributed by atoms with Gasteiger partial charge in [0.2, 0.25) is 0 Å². The van der Waals surface area contributed by atoms with Gasteiger partial charge in [-0.05, 0) is 37.4 Å². The molecule has 0 aromatic heterocycles. The van der Waals surface area contributed by atoms with Crippen LogP contribution < -0.4 is 10.1 Å². The normalized spacial score (nSPS) is 16.5. The maximum atomic E-state index is 6.25. The summed E-state index contributed by atoms with van der Waals surface area (Å²) in [6.45, 7) is 6.22. The van der Waals surface area contributed by atoms with Crippen LogP contribution in [0.25, 0.3) is 0 Å². The average molecular weight is 284 g/mol. The summed E-state index contributed by atoms with van der Waals surface area (Å²) >= 11 is 6.25.